The highest BCUT2D eigenvalue weighted by Gasteiger charge is 2.17. The first kappa shape index (κ1) is 17.9. The van der Waals surface area contributed by atoms with Crippen LogP contribution in [0.3, 0.4) is 0 Å². The van der Waals surface area contributed by atoms with Gasteiger partial charge in [0.15, 0.2) is 0 Å². The zero-order valence-electron chi connectivity index (χ0n) is 12.7. The van der Waals surface area contributed by atoms with Crippen LogP contribution in [0.5, 0.6) is 0 Å². The Kier molecular flexibility index (Phi) is 5.43. The Morgan fingerprint density at radius 3 is 2.43 bits per heavy atom. The number of rotatable bonds is 5. The number of nitrogens with two attached hydrogens (primary N) is 1. The lowest BCUT2D eigenvalue weighted by atomic mass is 10.2. The molecule has 2 rings (SSSR count). The van der Waals surface area contributed by atoms with Gasteiger partial charge >= 0.3 is 5.69 Å². The molecule has 2 aromatic rings. The van der Waals surface area contributed by atoms with Gasteiger partial charge in [0, 0.05) is 22.0 Å². The van der Waals surface area contributed by atoms with Crippen LogP contribution >= 0.6 is 31.9 Å². The summed E-state index contributed by atoms with van der Waals surface area (Å²) in [4.78, 5) is 38.6. The zero-order chi connectivity index (χ0) is 17.3. The second-order valence-corrected chi connectivity index (χ2v) is 7.15. The molecule has 0 atom stereocenters. The van der Waals surface area contributed by atoms with E-state index in [-0.39, 0.29) is 13.1 Å². The molecular weight excluding hydrogens is 432 g/mol. The summed E-state index contributed by atoms with van der Waals surface area (Å²) < 4.78 is 3.58. The van der Waals surface area contributed by atoms with E-state index in [0.717, 1.165) is 4.57 Å². The Morgan fingerprint density at radius 1 is 1.22 bits per heavy atom. The molecule has 0 unspecified atom stereocenters. The van der Waals surface area contributed by atoms with Crippen LogP contribution in [-0.4, -0.2) is 40.6 Å². The molecule has 124 valence electrons. The molecule has 0 aliphatic rings. The van der Waals surface area contributed by atoms with Gasteiger partial charge in [-0.3, -0.25) is 18.7 Å². The van der Waals surface area contributed by atoms with Crippen LogP contribution < -0.4 is 17.0 Å². The van der Waals surface area contributed by atoms with Crippen molar-refractivity contribution in [1.29, 1.82) is 0 Å². The lowest BCUT2D eigenvalue weighted by molar-refractivity contribution is -0.118. The third-order valence-electron chi connectivity index (χ3n) is 3.33. The number of aromatic nitrogens is 2. The summed E-state index contributed by atoms with van der Waals surface area (Å²) in [6.07, 6.45) is 0. The van der Waals surface area contributed by atoms with Crippen molar-refractivity contribution >= 4 is 48.7 Å². The van der Waals surface area contributed by atoms with Gasteiger partial charge in [-0.1, -0.05) is 15.9 Å². The molecule has 0 spiro atoms. The Morgan fingerprint density at radius 2 is 1.87 bits per heavy atom. The molecular formula is C14H16Br2N4O3. The minimum absolute atomic E-state index is 0.224. The average molecular weight is 448 g/mol. The molecule has 1 aromatic heterocycles. The van der Waals surface area contributed by atoms with Gasteiger partial charge in [0.1, 0.15) is 6.54 Å². The molecule has 9 heteroatoms. The van der Waals surface area contributed by atoms with E-state index in [1.807, 2.05) is 19.0 Å². The molecule has 2 N–H and O–H groups in total. The monoisotopic (exact) mass is 446 g/mol. The topological polar surface area (TPSA) is 90.3 Å². The maximum atomic E-state index is 12.7. The molecule has 7 nitrogen and oxygen atoms in total. The number of nitrogens with zero attached hydrogens (tertiary/aromatic N) is 3. The Labute approximate surface area is 148 Å². The van der Waals surface area contributed by atoms with Crippen LogP contribution in [0.4, 0.5) is 0 Å². The molecule has 0 saturated heterocycles. The molecule has 0 bridgehead atoms. The summed E-state index contributed by atoms with van der Waals surface area (Å²) >= 11 is 6.68. The first-order valence-corrected chi connectivity index (χ1v) is 8.36. The van der Waals surface area contributed by atoms with Gasteiger partial charge in [-0.15, -0.1) is 0 Å². The molecule has 0 saturated carbocycles. The van der Waals surface area contributed by atoms with Crippen molar-refractivity contribution in [2.24, 2.45) is 5.73 Å². The number of amides is 1. The van der Waals surface area contributed by atoms with Gasteiger partial charge in [0.2, 0.25) is 5.91 Å². The van der Waals surface area contributed by atoms with Gasteiger partial charge in [0.25, 0.3) is 5.56 Å². The molecule has 0 radical (unpaired) electrons. The fraction of sp³-hybridized carbons (Fsp3) is 0.357. The van der Waals surface area contributed by atoms with Gasteiger partial charge < -0.3 is 10.6 Å². The van der Waals surface area contributed by atoms with E-state index < -0.39 is 17.2 Å². The Bertz CT molecular complexity index is 886. The molecule has 0 fully saturated rings. The molecule has 0 aliphatic carbocycles. The predicted octanol–water partition coefficient (Wildman–Crippen LogP) is 0.735. The third kappa shape index (κ3) is 3.73. The van der Waals surface area contributed by atoms with Gasteiger partial charge in [0.05, 0.1) is 10.9 Å². The normalized spacial score (nSPS) is 11.3. The number of likely N-dealkylation sites (N-methyl/N-ethyl adjacent to an activating group) is 1. The highest BCUT2D eigenvalue weighted by atomic mass is 79.9. The Balaban J connectivity index is 2.85. The van der Waals surface area contributed by atoms with Crippen LogP contribution in [-0.2, 0) is 17.9 Å². The predicted molar refractivity (Wildman–Crippen MR) is 95.6 cm³/mol. The van der Waals surface area contributed by atoms with Gasteiger partial charge in [-0.2, -0.15) is 0 Å². The molecule has 0 aliphatic heterocycles. The summed E-state index contributed by atoms with van der Waals surface area (Å²) in [7, 11) is 3.70. The van der Waals surface area contributed by atoms with Crippen molar-refractivity contribution < 1.29 is 4.79 Å². The number of primary amides is 1. The lowest BCUT2D eigenvalue weighted by Crippen LogP contribution is -2.43. The average Bonchev–Trinajstić information content (AvgIpc) is 2.41. The van der Waals surface area contributed by atoms with E-state index in [2.05, 4.69) is 31.9 Å². The summed E-state index contributed by atoms with van der Waals surface area (Å²) in [6.45, 7) is 0.452. The highest BCUT2D eigenvalue weighted by Crippen LogP contribution is 2.25. The van der Waals surface area contributed by atoms with Crippen LogP contribution in [0.25, 0.3) is 10.9 Å². The van der Waals surface area contributed by atoms with Gasteiger partial charge in [-0.25, -0.2) is 4.79 Å². The minimum Gasteiger partial charge on any atom is -0.368 e. The second-order valence-electron chi connectivity index (χ2n) is 5.38. The quantitative estimate of drug-likeness (QED) is 0.731. The fourth-order valence-corrected chi connectivity index (χ4v) is 3.63. The molecule has 1 aromatic carbocycles. The summed E-state index contributed by atoms with van der Waals surface area (Å²) in [5.41, 5.74) is 4.67. The highest BCUT2D eigenvalue weighted by molar-refractivity contribution is 9.11. The van der Waals surface area contributed by atoms with E-state index >= 15 is 0 Å². The van der Waals surface area contributed by atoms with Crippen LogP contribution in [0.15, 0.2) is 30.7 Å². The van der Waals surface area contributed by atoms with E-state index in [9.17, 15) is 14.4 Å². The van der Waals surface area contributed by atoms with Crippen molar-refractivity contribution in [2.75, 3.05) is 20.6 Å². The third-order valence-corrected chi connectivity index (χ3v) is 4.41. The van der Waals surface area contributed by atoms with E-state index in [4.69, 9.17) is 5.73 Å². The van der Waals surface area contributed by atoms with Crippen LogP contribution in [0.1, 0.15) is 0 Å². The minimum atomic E-state index is -0.651. The van der Waals surface area contributed by atoms with E-state index in [1.165, 1.54) is 4.57 Å². The van der Waals surface area contributed by atoms with Crippen molar-refractivity contribution in [3.05, 3.63) is 41.9 Å². The number of carbonyl (C=O) groups is 1. The van der Waals surface area contributed by atoms with Crippen molar-refractivity contribution in [2.45, 2.75) is 13.1 Å². The molecule has 1 heterocycles. The van der Waals surface area contributed by atoms with Crippen LogP contribution in [0.2, 0.25) is 0 Å². The molecule has 23 heavy (non-hydrogen) atoms. The standard InChI is InChI=1S/C14H16Br2N4O3/c1-18(2)3-4-19-13(22)12-9(16)5-8(15)6-10(12)20(14(19)23)7-11(17)21/h5-6H,3-4,7H2,1-2H3,(H2,17,21). The number of hydrogen-bond acceptors (Lipinski definition) is 4. The number of fused-ring (bicyclic) bond motifs is 1. The SMILES string of the molecule is CN(C)CCn1c(=O)c2c(Br)cc(Br)cc2n(CC(N)=O)c1=O. The maximum Gasteiger partial charge on any atom is 0.332 e. The zero-order valence-corrected chi connectivity index (χ0v) is 15.8. The number of carbonyl (C=O) groups excluding carboxylic acids is 1. The summed E-state index contributed by atoms with van der Waals surface area (Å²) in [5, 5.41) is 0.341. The summed E-state index contributed by atoms with van der Waals surface area (Å²) in [5.74, 6) is -0.651. The molecule has 1 amide bonds. The maximum absolute atomic E-state index is 12.7. The number of benzene rings is 1. The largest absolute Gasteiger partial charge is 0.368 e. The number of halogens is 2. The fourth-order valence-electron chi connectivity index (χ4n) is 2.26. The first-order chi connectivity index (χ1) is 10.7. The van der Waals surface area contributed by atoms with E-state index in [0.29, 0.717) is 26.4 Å². The number of hydrogen-bond donors (Lipinski definition) is 1. The van der Waals surface area contributed by atoms with Crippen LogP contribution in [0, 0.1) is 0 Å². The van der Waals surface area contributed by atoms with Crippen molar-refractivity contribution in [1.82, 2.24) is 14.0 Å². The van der Waals surface area contributed by atoms with E-state index in [1.54, 1.807) is 12.1 Å². The first-order valence-electron chi connectivity index (χ1n) is 6.77. The van der Waals surface area contributed by atoms with Crippen molar-refractivity contribution in [3.63, 3.8) is 0 Å². The second kappa shape index (κ2) is 6.98. The smallest absolute Gasteiger partial charge is 0.332 e. The van der Waals surface area contributed by atoms with Crippen molar-refractivity contribution in [3.8, 4) is 0 Å². The lowest BCUT2D eigenvalue weighted by Gasteiger charge is -2.16. The summed E-state index contributed by atoms with van der Waals surface area (Å²) in [6, 6.07) is 3.35. The van der Waals surface area contributed by atoms with Gasteiger partial charge in [-0.05, 0) is 42.2 Å². The Hall–Kier alpha value is -1.45.